The zero-order chi connectivity index (χ0) is 22.2. The Balaban J connectivity index is 1.71. The first-order chi connectivity index (χ1) is 15.0. The van der Waals surface area contributed by atoms with E-state index in [1.807, 2.05) is 37.3 Å². The van der Waals surface area contributed by atoms with Crippen molar-refractivity contribution in [2.75, 3.05) is 7.11 Å². The van der Waals surface area contributed by atoms with Crippen molar-refractivity contribution in [3.8, 4) is 17.6 Å². The van der Waals surface area contributed by atoms with Crippen molar-refractivity contribution < 1.29 is 14.3 Å². The summed E-state index contributed by atoms with van der Waals surface area (Å²) < 4.78 is 11.4. The molecule has 1 aliphatic rings. The molecule has 0 spiro atoms. The molecule has 2 aromatic rings. The number of rotatable bonds is 7. The monoisotopic (exact) mass is 418 g/mol. The number of benzene rings is 2. The number of methoxy groups -OCH3 is 1. The number of amides is 1. The Bertz CT molecular complexity index is 990. The molecule has 1 fully saturated rings. The van der Waals surface area contributed by atoms with Crippen molar-refractivity contribution in [2.45, 2.75) is 52.2 Å². The van der Waals surface area contributed by atoms with Gasteiger partial charge >= 0.3 is 0 Å². The van der Waals surface area contributed by atoms with E-state index in [0.29, 0.717) is 29.6 Å². The zero-order valence-electron chi connectivity index (χ0n) is 18.5. The largest absolute Gasteiger partial charge is 0.493 e. The molecule has 1 aliphatic carbocycles. The highest BCUT2D eigenvalue weighted by molar-refractivity contribution is 6.01. The van der Waals surface area contributed by atoms with Crippen LogP contribution in [0, 0.1) is 24.2 Å². The van der Waals surface area contributed by atoms with E-state index in [1.165, 1.54) is 12.0 Å². The van der Waals surface area contributed by atoms with Crippen LogP contribution in [0.5, 0.6) is 11.5 Å². The van der Waals surface area contributed by atoms with Gasteiger partial charge in [-0.15, -0.1) is 0 Å². The molecule has 0 bridgehead atoms. The fourth-order valence-corrected chi connectivity index (χ4v) is 3.95. The van der Waals surface area contributed by atoms with E-state index in [1.54, 1.807) is 25.3 Å². The summed E-state index contributed by atoms with van der Waals surface area (Å²) in [4.78, 5) is 12.6. The van der Waals surface area contributed by atoms with Gasteiger partial charge in [0.15, 0.2) is 11.5 Å². The highest BCUT2D eigenvalue weighted by Gasteiger charge is 2.24. The average molecular weight is 419 g/mol. The summed E-state index contributed by atoms with van der Waals surface area (Å²) in [6.07, 6.45) is 5.98. The molecule has 0 radical (unpaired) electrons. The summed E-state index contributed by atoms with van der Waals surface area (Å²) >= 11 is 0. The van der Waals surface area contributed by atoms with Crippen LogP contribution in [0.3, 0.4) is 0 Å². The Morgan fingerprint density at radius 3 is 2.71 bits per heavy atom. The second kappa shape index (κ2) is 10.7. The third-order valence-corrected chi connectivity index (χ3v) is 5.77. The van der Waals surface area contributed by atoms with Gasteiger partial charge < -0.3 is 14.8 Å². The summed E-state index contributed by atoms with van der Waals surface area (Å²) in [7, 11) is 1.57. The molecular weight excluding hydrogens is 388 g/mol. The number of hydrogen-bond donors (Lipinski definition) is 1. The lowest BCUT2D eigenvalue weighted by atomic mass is 9.86. The van der Waals surface area contributed by atoms with E-state index in [0.717, 1.165) is 24.8 Å². The van der Waals surface area contributed by atoms with Crippen LogP contribution >= 0.6 is 0 Å². The predicted molar refractivity (Wildman–Crippen MR) is 122 cm³/mol. The number of nitrogens with zero attached hydrogens (tertiary/aromatic N) is 1. The summed E-state index contributed by atoms with van der Waals surface area (Å²) in [6, 6.07) is 15.7. The Kier molecular flexibility index (Phi) is 7.72. The second-order valence-corrected chi connectivity index (χ2v) is 8.20. The van der Waals surface area contributed by atoms with Gasteiger partial charge in [0.1, 0.15) is 18.2 Å². The van der Waals surface area contributed by atoms with Crippen LogP contribution in [-0.4, -0.2) is 19.1 Å². The smallest absolute Gasteiger partial charge is 0.262 e. The zero-order valence-corrected chi connectivity index (χ0v) is 18.5. The summed E-state index contributed by atoms with van der Waals surface area (Å²) in [5.74, 6) is 1.28. The van der Waals surface area contributed by atoms with E-state index in [-0.39, 0.29) is 17.5 Å². The lowest BCUT2D eigenvalue weighted by molar-refractivity contribution is -0.118. The van der Waals surface area contributed by atoms with Crippen LogP contribution in [-0.2, 0) is 11.4 Å². The van der Waals surface area contributed by atoms with Crippen LogP contribution in [0.4, 0.5) is 0 Å². The maximum atomic E-state index is 12.6. The van der Waals surface area contributed by atoms with Crippen LogP contribution in [0.1, 0.15) is 49.3 Å². The fraction of sp³-hybridized carbons (Fsp3) is 0.385. The van der Waals surface area contributed by atoms with Crippen LogP contribution in [0.25, 0.3) is 6.08 Å². The molecule has 0 aliphatic heterocycles. The van der Waals surface area contributed by atoms with E-state index in [9.17, 15) is 10.1 Å². The SMILES string of the molecule is COc1cc(/C=C(\C#N)C(=O)N[C@H]2CCCC[C@H]2C)ccc1OCc1cccc(C)c1. The molecule has 3 rings (SSSR count). The number of hydrogen-bond acceptors (Lipinski definition) is 4. The average Bonchev–Trinajstić information content (AvgIpc) is 2.77. The number of carbonyl (C=O) groups is 1. The number of aryl methyl sites for hydroxylation is 1. The summed E-state index contributed by atoms with van der Waals surface area (Å²) in [5.41, 5.74) is 3.06. The first-order valence-electron chi connectivity index (χ1n) is 10.8. The topological polar surface area (TPSA) is 71.3 Å². The van der Waals surface area contributed by atoms with E-state index < -0.39 is 0 Å². The number of carbonyl (C=O) groups excluding carboxylic acids is 1. The van der Waals surface area contributed by atoms with Crippen molar-refractivity contribution in [1.82, 2.24) is 5.32 Å². The molecule has 1 N–H and O–H groups in total. The van der Waals surface area contributed by atoms with Gasteiger partial charge in [-0.25, -0.2) is 0 Å². The minimum atomic E-state index is -0.319. The predicted octanol–water partition coefficient (Wildman–Crippen LogP) is 5.18. The molecule has 162 valence electrons. The van der Waals surface area contributed by atoms with Crippen molar-refractivity contribution in [3.05, 3.63) is 64.7 Å². The fourth-order valence-electron chi connectivity index (χ4n) is 3.95. The molecule has 1 amide bonds. The van der Waals surface area contributed by atoms with Crippen LogP contribution < -0.4 is 14.8 Å². The standard InChI is InChI=1S/C26H30N2O3/c1-18-7-6-9-21(13-18)17-31-24-12-11-20(15-25(24)30-3)14-22(16-27)26(29)28-23-10-5-4-8-19(23)2/h6-7,9,11-15,19,23H,4-5,8,10,17H2,1-3H3,(H,28,29)/b22-14+/t19-,23+/m1/s1. The second-order valence-electron chi connectivity index (χ2n) is 8.20. The molecule has 0 heterocycles. The van der Waals surface area contributed by atoms with Gasteiger partial charge in [0, 0.05) is 6.04 Å². The molecule has 31 heavy (non-hydrogen) atoms. The highest BCUT2D eigenvalue weighted by Crippen LogP contribution is 2.30. The van der Waals surface area contributed by atoms with Crippen molar-refractivity contribution in [2.24, 2.45) is 5.92 Å². The minimum absolute atomic E-state index is 0.0910. The Hall–Kier alpha value is -3.26. The van der Waals surface area contributed by atoms with Crippen LogP contribution in [0.15, 0.2) is 48.0 Å². The molecule has 5 heteroatoms. The third kappa shape index (κ3) is 6.11. The van der Waals surface area contributed by atoms with E-state index in [2.05, 4.69) is 18.3 Å². The number of nitriles is 1. The molecular formula is C26H30N2O3. The van der Waals surface area contributed by atoms with Gasteiger partial charge in [-0.3, -0.25) is 4.79 Å². The van der Waals surface area contributed by atoms with Gasteiger partial charge in [-0.2, -0.15) is 5.26 Å². The van der Waals surface area contributed by atoms with Gasteiger partial charge in [0.2, 0.25) is 0 Å². The lowest BCUT2D eigenvalue weighted by Gasteiger charge is -2.29. The third-order valence-electron chi connectivity index (χ3n) is 5.77. The van der Waals surface area contributed by atoms with Crippen molar-refractivity contribution >= 4 is 12.0 Å². The quantitative estimate of drug-likeness (QED) is 0.496. The Morgan fingerprint density at radius 2 is 2.00 bits per heavy atom. The Labute approximate surface area is 184 Å². The molecule has 0 aromatic heterocycles. The molecule has 0 unspecified atom stereocenters. The summed E-state index contributed by atoms with van der Waals surface area (Å²) in [5, 5.41) is 12.6. The molecule has 2 atom stereocenters. The van der Waals surface area contributed by atoms with Gasteiger partial charge in [-0.1, -0.05) is 55.7 Å². The highest BCUT2D eigenvalue weighted by atomic mass is 16.5. The maximum absolute atomic E-state index is 12.6. The molecule has 0 saturated heterocycles. The number of ether oxygens (including phenoxy) is 2. The molecule has 2 aromatic carbocycles. The minimum Gasteiger partial charge on any atom is -0.493 e. The van der Waals surface area contributed by atoms with Crippen molar-refractivity contribution in [1.29, 1.82) is 5.26 Å². The summed E-state index contributed by atoms with van der Waals surface area (Å²) in [6.45, 7) is 4.63. The van der Waals surface area contributed by atoms with Gasteiger partial charge in [0.25, 0.3) is 5.91 Å². The van der Waals surface area contributed by atoms with E-state index >= 15 is 0 Å². The van der Waals surface area contributed by atoms with Crippen LogP contribution in [0.2, 0.25) is 0 Å². The maximum Gasteiger partial charge on any atom is 0.262 e. The first kappa shape index (κ1) is 22.4. The van der Waals surface area contributed by atoms with E-state index in [4.69, 9.17) is 9.47 Å². The number of nitrogens with one attached hydrogen (secondary N) is 1. The van der Waals surface area contributed by atoms with Gasteiger partial charge in [-0.05, 0) is 55.0 Å². The van der Waals surface area contributed by atoms with Crippen molar-refractivity contribution in [3.63, 3.8) is 0 Å². The molecule has 5 nitrogen and oxygen atoms in total. The normalized spacial score (nSPS) is 18.7. The first-order valence-corrected chi connectivity index (χ1v) is 10.8. The Morgan fingerprint density at radius 1 is 1.19 bits per heavy atom. The lowest BCUT2D eigenvalue weighted by Crippen LogP contribution is -2.41. The van der Waals surface area contributed by atoms with Gasteiger partial charge in [0.05, 0.1) is 7.11 Å². The molecule has 1 saturated carbocycles.